The zero-order valence-corrected chi connectivity index (χ0v) is 12.4. The van der Waals surface area contributed by atoms with Crippen LogP contribution in [-0.2, 0) is 0 Å². The average molecular weight is 331 g/mol. The molecule has 6 heteroatoms. The predicted molar refractivity (Wildman–Crippen MR) is 77.3 cm³/mol. The van der Waals surface area contributed by atoms with Gasteiger partial charge in [-0.25, -0.2) is 4.79 Å². The highest BCUT2D eigenvalue weighted by Crippen LogP contribution is 2.15. The Hall–Kier alpha value is -1.27. The molecule has 0 fully saturated rings. The lowest BCUT2D eigenvalue weighted by atomic mass is 10.2. The van der Waals surface area contributed by atoms with Crippen LogP contribution in [-0.4, -0.2) is 36.9 Å². The number of halogens is 1. The second kappa shape index (κ2) is 8.77. The van der Waals surface area contributed by atoms with E-state index < -0.39 is 0 Å². The van der Waals surface area contributed by atoms with Crippen LogP contribution < -0.4 is 15.4 Å². The molecule has 2 amide bonds. The zero-order valence-electron chi connectivity index (χ0n) is 10.9. The van der Waals surface area contributed by atoms with Crippen LogP contribution in [0.25, 0.3) is 0 Å². The number of rotatable bonds is 7. The minimum absolute atomic E-state index is 0.0441. The highest BCUT2D eigenvalue weighted by atomic mass is 79.9. The van der Waals surface area contributed by atoms with E-state index in [1.165, 1.54) is 0 Å². The molecule has 0 aromatic heterocycles. The molecule has 3 N–H and O–H groups in total. The predicted octanol–water partition coefficient (Wildman–Crippen LogP) is 1.90. The Kier molecular flexibility index (Phi) is 7.28. The summed E-state index contributed by atoms with van der Waals surface area (Å²) in [6.45, 7) is 2.74. The highest BCUT2D eigenvalue weighted by molar-refractivity contribution is 9.10. The van der Waals surface area contributed by atoms with Crippen molar-refractivity contribution in [2.75, 3.05) is 19.8 Å². The summed E-state index contributed by atoms with van der Waals surface area (Å²) >= 11 is 3.34. The Morgan fingerprint density at radius 3 is 2.74 bits per heavy atom. The van der Waals surface area contributed by atoms with Gasteiger partial charge in [0.1, 0.15) is 12.4 Å². The normalized spacial score (nSPS) is 11.7. The maximum absolute atomic E-state index is 11.4. The van der Waals surface area contributed by atoms with E-state index in [1.807, 2.05) is 31.2 Å². The van der Waals surface area contributed by atoms with E-state index >= 15 is 0 Å². The van der Waals surface area contributed by atoms with E-state index in [2.05, 4.69) is 26.6 Å². The van der Waals surface area contributed by atoms with Crippen molar-refractivity contribution in [1.29, 1.82) is 0 Å². The van der Waals surface area contributed by atoms with Crippen LogP contribution in [0.3, 0.4) is 0 Å². The summed E-state index contributed by atoms with van der Waals surface area (Å²) in [6, 6.07) is 7.21. The van der Waals surface area contributed by atoms with E-state index in [0.717, 1.165) is 10.2 Å². The van der Waals surface area contributed by atoms with E-state index in [9.17, 15) is 4.79 Å². The van der Waals surface area contributed by atoms with Crippen molar-refractivity contribution in [2.24, 2.45) is 0 Å². The fourth-order valence-corrected chi connectivity index (χ4v) is 1.67. The number of aliphatic hydroxyl groups excluding tert-OH is 1. The molecule has 0 heterocycles. The lowest BCUT2D eigenvalue weighted by Gasteiger charge is -2.13. The largest absolute Gasteiger partial charge is 0.492 e. The van der Waals surface area contributed by atoms with Gasteiger partial charge in [0.15, 0.2) is 0 Å². The van der Waals surface area contributed by atoms with Crippen molar-refractivity contribution < 1.29 is 14.6 Å². The van der Waals surface area contributed by atoms with Crippen molar-refractivity contribution in [1.82, 2.24) is 10.6 Å². The van der Waals surface area contributed by atoms with Gasteiger partial charge in [0.05, 0.1) is 6.54 Å². The third kappa shape index (κ3) is 7.03. The van der Waals surface area contributed by atoms with Gasteiger partial charge in [-0.05, 0) is 37.6 Å². The molecule has 0 bridgehead atoms. The highest BCUT2D eigenvalue weighted by Gasteiger charge is 2.05. The second-order valence-electron chi connectivity index (χ2n) is 4.12. The van der Waals surface area contributed by atoms with Gasteiger partial charge in [-0.2, -0.15) is 0 Å². The van der Waals surface area contributed by atoms with Gasteiger partial charge in [-0.1, -0.05) is 15.9 Å². The molecule has 0 aliphatic heterocycles. The third-order valence-corrected chi connectivity index (χ3v) is 2.94. The molecular formula is C13H19BrN2O3. The molecule has 0 aliphatic rings. The van der Waals surface area contributed by atoms with Crippen LogP contribution in [0.4, 0.5) is 4.79 Å². The molecule has 106 valence electrons. The summed E-state index contributed by atoms with van der Waals surface area (Å²) in [5.74, 6) is 0.763. The quantitative estimate of drug-likeness (QED) is 0.669. The molecule has 0 spiro atoms. The molecule has 0 radical (unpaired) electrons. The summed E-state index contributed by atoms with van der Waals surface area (Å²) in [6.07, 6.45) is 0.544. The van der Waals surface area contributed by atoms with Gasteiger partial charge < -0.3 is 20.5 Å². The summed E-state index contributed by atoms with van der Waals surface area (Å²) in [5, 5.41) is 14.1. The van der Waals surface area contributed by atoms with E-state index in [0.29, 0.717) is 19.6 Å². The number of amides is 2. The number of nitrogens with one attached hydrogen (secondary N) is 2. The fourth-order valence-electron chi connectivity index (χ4n) is 1.40. The smallest absolute Gasteiger partial charge is 0.315 e. The van der Waals surface area contributed by atoms with E-state index in [1.54, 1.807) is 0 Å². The first kappa shape index (κ1) is 15.8. The Labute approximate surface area is 121 Å². The van der Waals surface area contributed by atoms with Gasteiger partial charge in [-0.3, -0.25) is 0 Å². The lowest BCUT2D eigenvalue weighted by Crippen LogP contribution is -2.42. The van der Waals surface area contributed by atoms with Crippen LogP contribution in [0.5, 0.6) is 5.75 Å². The molecule has 1 atom stereocenters. The monoisotopic (exact) mass is 330 g/mol. The van der Waals surface area contributed by atoms with Crippen molar-refractivity contribution in [3.63, 3.8) is 0 Å². The van der Waals surface area contributed by atoms with Gasteiger partial charge in [0.2, 0.25) is 0 Å². The molecule has 0 aliphatic carbocycles. The number of ether oxygens (including phenoxy) is 1. The van der Waals surface area contributed by atoms with Crippen molar-refractivity contribution in [3.8, 4) is 5.75 Å². The van der Waals surface area contributed by atoms with Crippen molar-refractivity contribution in [3.05, 3.63) is 28.7 Å². The van der Waals surface area contributed by atoms with Crippen LogP contribution in [0, 0.1) is 0 Å². The number of hydrogen-bond donors (Lipinski definition) is 3. The van der Waals surface area contributed by atoms with Crippen LogP contribution >= 0.6 is 15.9 Å². The Bertz CT molecular complexity index is 384. The molecule has 1 rings (SSSR count). The Morgan fingerprint density at radius 2 is 2.11 bits per heavy atom. The molecular weight excluding hydrogens is 312 g/mol. The van der Waals surface area contributed by atoms with Gasteiger partial charge in [0.25, 0.3) is 0 Å². The maximum atomic E-state index is 11.4. The SMILES string of the molecule is C[C@H](CCO)NC(=O)NCCOc1ccc(Br)cc1. The minimum atomic E-state index is -0.250. The first-order valence-corrected chi connectivity index (χ1v) is 6.94. The minimum Gasteiger partial charge on any atom is -0.492 e. The van der Waals surface area contributed by atoms with Crippen LogP contribution in [0.15, 0.2) is 28.7 Å². The molecule has 0 saturated heterocycles. The molecule has 0 saturated carbocycles. The fraction of sp³-hybridized carbons (Fsp3) is 0.462. The first-order chi connectivity index (χ1) is 9.11. The number of carbonyl (C=O) groups excluding carboxylic acids is 1. The molecule has 1 aromatic carbocycles. The summed E-state index contributed by atoms with van der Waals surface area (Å²) in [7, 11) is 0. The van der Waals surface area contributed by atoms with Gasteiger partial charge >= 0.3 is 6.03 Å². The van der Waals surface area contributed by atoms with Crippen molar-refractivity contribution in [2.45, 2.75) is 19.4 Å². The number of urea groups is 1. The van der Waals surface area contributed by atoms with E-state index in [-0.39, 0.29) is 18.7 Å². The first-order valence-electron chi connectivity index (χ1n) is 6.15. The van der Waals surface area contributed by atoms with Crippen molar-refractivity contribution >= 4 is 22.0 Å². The molecule has 0 unspecified atom stereocenters. The Balaban J connectivity index is 2.13. The topological polar surface area (TPSA) is 70.6 Å². The number of aliphatic hydroxyl groups is 1. The van der Waals surface area contributed by atoms with Crippen LogP contribution in [0.2, 0.25) is 0 Å². The standard InChI is InChI=1S/C13H19BrN2O3/c1-10(6-8-17)16-13(18)15-7-9-19-12-4-2-11(14)3-5-12/h2-5,10,17H,6-9H2,1H3,(H2,15,16,18)/t10-/m1/s1. The summed E-state index contributed by atoms with van der Waals surface area (Å²) in [4.78, 5) is 11.4. The molecule has 5 nitrogen and oxygen atoms in total. The maximum Gasteiger partial charge on any atom is 0.315 e. The lowest BCUT2D eigenvalue weighted by molar-refractivity contribution is 0.227. The van der Waals surface area contributed by atoms with E-state index in [4.69, 9.17) is 9.84 Å². The third-order valence-electron chi connectivity index (χ3n) is 2.41. The number of carbonyl (C=O) groups is 1. The summed E-state index contributed by atoms with van der Waals surface area (Å²) in [5.41, 5.74) is 0. The van der Waals surface area contributed by atoms with Gasteiger partial charge in [-0.15, -0.1) is 0 Å². The molecule has 1 aromatic rings. The average Bonchev–Trinajstić information content (AvgIpc) is 2.37. The second-order valence-corrected chi connectivity index (χ2v) is 5.03. The van der Waals surface area contributed by atoms with Gasteiger partial charge in [0, 0.05) is 17.1 Å². The Morgan fingerprint density at radius 1 is 1.42 bits per heavy atom. The molecule has 19 heavy (non-hydrogen) atoms. The summed E-state index contributed by atoms with van der Waals surface area (Å²) < 4.78 is 6.46. The zero-order chi connectivity index (χ0) is 14.1. The number of hydrogen-bond acceptors (Lipinski definition) is 3. The van der Waals surface area contributed by atoms with Crippen LogP contribution in [0.1, 0.15) is 13.3 Å². The number of benzene rings is 1.